The summed E-state index contributed by atoms with van der Waals surface area (Å²) in [5.74, 6) is 6.89. The average molecular weight is 881 g/mol. The smallest absolute Gasteiger partial charge is 0.0634 e. The van der Waals surface area contributed by atoms with E-state index in [1.165, 1.54) is 77.0 Å². The molecule has 13 rings (SSSR count). The molecule has 5 saturated heterocycles. The van der Waals surface area contributed by atoms with Crippen molar-refractivity contribution < 1.29 is 0 Å². The summed E-state index contributed by atoms with van der Waals surface area (Å²) in [5.41, 5.74) is 0. The highest BCUT2D eigenvalue weighted by atomic mass is 32.1. The molecule has 12 unspecified atom stereocenters. The fourth-order valence-corrected chi connectivity index (χ4v) is 19.3. The molecule has 12 atom stereocenters. The molecule has 9 heterocycles. The molecule has 4 aliphatic carbocycles. The fraction of sp³-hybridized carbons (Fsp3) is 0.667. The summed E-state index contributed by atoms with van der Waals surface area (Å²) in [6.45, 7) is 0. The van der Waals surface area contributed by atoms with Gasteiger partial charge in [0.1, 0.15) is 0 Å². The summed E-state index contributed by atoms with van der Waals surface area (Å²) in [5, 5.41) is 44.8. The predicted octanol–water partition coefficient (Wildman–Crippen LogP) is 8.43. The predicted molar refractivity (Wildman–Crippen MR) is 247 cm³/mol. The second-order valence-electron chi connectivity index (χ2n) is 20.3. The summed E-state index contributed by atoms with van der Waals surface area (Å²) >= 11 is 7.98. The lowest BCUT2D eigenvalue weighted by Crippen LogP contribution is -2.62. The standard InChI is InChI=1S/C48H64N8S4/c1-9-25(33-17-5-21-57-33)37-29(13-1)41-49-45(37)54-42-31-15-3-11-27(35-19-7-23-59-35)39(31)47(51-42)56-44-32-16-4-12-28(36-20-8-24-60-36)40(32)48(52-44)55-43-30-14-2-10-26(34-18-6-22-58-34)38(30)46(50-43)53-41/h5-8,17-32,37-56H,1-4,9-16H2. The molecule has 9 fully saturated rings. The topological polar surface area (TPSA) is 96.2 Å². The van der Waals surface area contributed by atoms with Crippen LogP contribution in [0.1, 0.15) is 120 Å². The average Bonchev–Trinajstić information content (AvgIpc) is 4.12. The molecular weight excluding hydrogens is 817 g/mol. The van der Waals surface area contributed by atoms with Gasteiger partial charge >= 0.3 is 0 Å². The Morgan fingerprint density at radius 3 is 0.733 bits per heavy atom. The van der Waals surface area contributed by atoms with Gasteiger partial charge in [-0.2, -0.15) is 0 Å². The summed E-state index contributed by atoms with van der Waals surface area (Å²) < 4.78 is 0. The Balaban J connectivity index is 0.913. The summed E-state index contributed by atoms with van der Waals surface area (Å²) in [6, 6.07) is 18.9. The quantitative estimate of drug-likeness (QED) is 0.104. The molecule has 12 heteroatoms. The molecule has 5 aliphatic heterocycles. The van der Waals surface area contributed by atoms with Crippen LogP contribution in [0, 0.1) is 47.3 Å². The number of rotatable bonds is 4. The van der Waals surface area contributed by atoms with Crippen molar-refractivity contribution in [3.05, 3.63) is 89.6 Å². The molecule has 4 aromatic heterocycles. The Morgan fingerprint density at radius 1 is 0.300 bits per heavy atom. The Kier molecular flexibility index (Phi) is 10.5. The maximum Gasteiger partial charge on any atom is 0.0634 e. The summed E-state index contributed by atoms with van der Waals surface area (Å²) in [6.07, 6.45) is 17.7. The highest BCUT2D eigenvalue weighted by Crippen LogP contribution is 2.54. The van der Waals surface area contributed by atoms with Crippen LogP contribution in [-0.4, -0.2) is 49.3 Å². The first-order valence-electron chi connectivity index (χ1n) is 24.0. The van der Waals surface area contributed by atoms with Crippen molar-refractivity contribution in [1.29, 1.82) is 0 Å². The van der Waals surface area contributed by atoms with Gasteiger partial charge in [0.2, 0.25) is 0 Å². The number of fused-ring (bicyclic) bond motifs is 20. The largest absolute Gasteiger partial charge is 0.286 e. The van der Waals surface area contributed by atoms with E-state index in [-0.39, 0.29) is 49.3 Å². The number of thiophene rings is 4. The molecule has 4 saturated carbocycles. The van der Waals surface area contributed by atoms with Crippen molar-refractivity contribution >= 4 is 45.3 Å². The van der Waals surface area contributed by atoms with Gasteiger partial charge in [0.05, 0.1) is 49.3 Å². The third kappa shape index (κ3) is 6.59. The Bertz CT molecular complexity index is 1740. The van der Waals surface area contributed by atoms with E-state index in [0.29, 0.717) is 71.0 Å². The van der Waals surface area contributed by atoms with Gasteiger partial charge in [0.15, 0.2) is 0 Å². The van der Waals surface area contributed by atoms with Gasteiger partial charge in [0, 0.05) is 43.2 Å². The Labute approximate surface area is 372 Å². The molecule has 0 radical (unpaired) electrons. The zero-order chi connectivity index (χ0) is 39.3. The van der Waals surface area contributed by atoms with E-state index in [2.05, 4.69) is 113 Å². The van der Waals surface area contributed by atoms with E-state index in [9.17, 15) is 0 Å². The number of nitrogens with one attached hydrogen (secondary N) is 8. The summed E-state index contributed by atoms with van der Waals surface area (Å²) in [4.78, 5) is 6.37. The second-order valence-corrected chi connectivity index (χ2v) is 24.2. The van der Waals surface area contributed by atoms with E-state index >= 15 is 0 Å². The molecule has 0 amide bonds. The zero-order valence-corrected chi connectivity index (χ0v) is 37.9. The van der Waals surface area contributed by atoms with Crippen LogP contribution < -0.4 is 42.5 Å². The molecule has 0 aromatic carbocycles. The van der Waals surface area contributed by atoms with E-state index in [1.54, 1.807) is 19.5 Å². The molecular formula is C48H64N8S4. The van der Waals surface area contributed by atoms with Gasteiger partial charge in [-0.25, -0.2) is 0 Å². The second kappa shape index (κ2) is 16.2. The van der Waals surface area contributed by atoms with Crippen LogP contribution in [0.5, 0.6) is 0 Å². The fourth-order valence-electron chi connectivity index (χ4n) is 15.6. The third-order valence-corrected chi connectivity index (χ3v) is 21.8. The maximum atomic E-state index is 4.49. The minimum absolute atomic E-state index is 0.251. The van der Waals surface area contributed by atoms with Crippen LogP contribution in [0.15, 0.2) is 70.1 Å². The minimum Gasteiger partial charge on any atom is -0.286 e. The van der Waals surface area contributed by atoms with Crippen LogP contribution in [0.2, 0.25) is 0 Å². The van der Waals surface area contributed by atoms with Crippen molar-refractivity contribution in [3.63, 3.8) is 0 Å². The molecule has 8 nitrogen and oxygen atoms in total. The molecule has 9 aliphatic rings. The summed E-state index contributed by atoms with van der Waals surface area (Å²) in [7, 11) is 0. The Hall–Kier alpha value is -1.52. The van der Waals surface area contributed by atoms with E-state index < -0.39 is 0 Å². The monoisotopic (exact) mass is 880 g/mol. The van der Waals surface area contributed by atoms with Crippen molar-refractivity contribution in [3.8, 4) is 0 Å². The van der Waals surface area contributed by atoms with Gasteiger partial charge in [-0.1, -0.05) is 49.9 Å². The molecule has 60 heavy (non-hydrogen) atoms. The lowest BCUT2D eigenvalue weighted by atomic mass is 9.69. The van der Waals surface area contributed by atoms with Crippen molar-refractivity contribution in [2.24, 2.45) is 47.3 Å². The van der Waals surface area contributed by atoms with E-state index in [4.69, 9.17) is 0 Å². The lowest BCUT2D eigenvalue weighted by molar-refractivity contribution is 0.142. The first-order valence-corrected chi connectivity index (χ1v) is 27.5. The van der Waals surface area contributed by atoms with Gasteiger partial charge in [-0.3, -0.25) is 42.5 Å². The molecule has 4 aromatic rings. The zero-order valence-electron chi connectivity index (χ0n) is 34.6. The first-order chi connectivity index (χ1) is 29.7. The highest BCUT2D eigenvalue weighted by molar-refractivity contribution is 7.10. The van der Waals surface area contributed by atoms with Crippen LogP contribution in [0.3, 0.4) is 0 Å². The minimum atomic E-state index is 0.251. The van der Waals surface area contributed by atoms with Crippen molar-refractivity contribution in [1.82, 2.24) is 42.5 Å². The van der Waals surface area contributed by atoms with Crippen LogP contribution in [0.25, 0.3) is 0 Å². The van der Waals surface area contributed by atoms with Crippen molar-refractivity contribution in [2.75, 3.05) is 0 Å². The number of hydrogen-bond donors (Lipinski definition) is 8. The normalized spacial score (nSPS) is 47.3. The molecule has 0 spiro atoms. The first kappa shape index (κ1) is 38.9. The van der Waals surface area contributed by atoms with E-state index in [1.807, 2.05) is 45.3 Å². The van der Waals surface area contributed by atoms with Crippen molar-refractivity contribution in [2.45, 2.75) is 150 Å². The van der Waals surface area contributed by atoms with Crippen LogP contribution >= 0.6 is 45.3 Å². The molecule has 320 valence electrons. The molecule has 8 N–H and O–H groups in total. The van der Waals surface area contributed by atoms with Crippen LogP contribution in [-0.2, 0) is 0 Å². The van der Waals surface area contributed by atoms with Crippen LogP contribution in [0.4, 0.5) is 0 Å². The lowest BCUT2D eigenvalue weighted by Gasteiger charge is -2.41. The molecule has 8 bridgehead atoms. The Morgan fingerprint density at radius 2 is 0.533 bits per heavy atom. The van der Waals surface area contributed by atoms with Gasteiger partial charge < -0.3 is 0 Å². The third-order valence-electron chi connectivity index (χ3n) is 17.8. The SMILES string of the molecule is c1csc(C2CCCC3C4NC(NC5NC(NC6NC(NC7NC(N4)C4C(c8cccs8)CCCC74)C4C(c7cccs7)CCCC64)C4C(c6cccs6)CCCC54)C23)c1. The maximum absolute atomic E-state index is 4.49. The number of hydrogen-bond acceptors (Lipinski definition) is 12. The van der Waals surface area contributed by atoms with Gasteiger partial charge in [0.25, 0.3) is 0 Å². The highest BCUT2D eigenvalue weighted by Gasteiger charge is 2.58. The van der Waals surface area contributed by atoms with Gasteiger partial charge in [-0.15, -0.1) is 45.3 Å². The van der Waals surface area contributed by atoms with Gasteiger partial charge in [-0.05, 0) is 144 Å². The van der Waals surface area contributed by atoms with E-state index in [0.717, 1.165) is 0 Å².